The molecule has 2 atom stereocenters. The number of nitro groups is 1. The number of aromatic amines is 1. The average molecular weight is 243 g/mol. The molecular formula is C9H13N3O5. The first-order valence-corrected chi connectivity index (χ1v) is 4.90. The van der Waals surface area contributed by atoms with Crippen LogP contribution in [0.2, 0.25) is 0 Å². The van der Waals surface area contributed by atoms with Crippen LogP contribution in [0.1, 0.15) is 18.1 Å². The van der Waals surface area contributed by atoms with Gasteiger partial charge in [0.2, 0.25) is 0 Å². The second-order valence-electron chi connectivity index (χ2n) is 3.49. The molecule has 1 heterocycles. The summed E-state index contributed by atoms with van der Waals surface area (Å²) >= 11 is 0. The Hall–Kier alpha value is -1.77. The molecule has 0 radical (unpaired) electrons. The van der Waals surface area contributed by atoms with Gasteiger partial charge in [0.15, 0.2) is 0 Å². The molecule has 0 saturated carbocycles. The van der Waals surface area contributed by atoms with Crippen LogP contribution < -0.4 is 11.3 Å². The van der Waals surface area contributed by atoms with Gasteiger partial charge in [0.1, 0.15) is 6.10 Å². The maximum Gasteiger partial charge on any atom is 0.334 e. The number of pyridine rings is 1. The zero-order valence-corrected chi connectivity index (χ0v) is 8.87. The van der Waals surface area contributed by atoms with Crippen LogP contribution in [0.15, 0.2) is 17.1 Å². The van der Waals surface area contributed by atoms with Crippen molar-refractivity contribution in [1.29, 1.82) is 0 Å². The largest absolute Gasteiger partial charge is 0.390 e. The number of rotatable bonds is 5. The summed E-state index contributed by atoms with van der Waals surface area (Å²) in [5.74, 6) is 0. The van der Waals surface area contributed by atoms with Gasteiger partial charge in [-0.15, -0.1) is 0 Å². The fraction of sp³-hybridized carbons (Fsp3) is 0.444. The minimum atomic E-state index is -1.32. The van der Waals surface area contributed by atoms with E-state index in [0.29, 0.717) is 0 Å². The summed E-state index contributed by atoms with van der Waals surface area (Å²) in [6.45, 7) is 0.170. The Balaban J connectivity index is 3.03. The lowest BCUT2D eigenvalue weighted by molar-refractivity contribution is -0.386. The number of hydrogen-bond acceptors (Lipinski definition) is 6. The third kappa shape index (κ3) is 3.09. The normalized spacial score (nSPS) is 14.3. The molecular weight excluding hydrogens is 230 g/mol. The topological polar surface area (TPSA) is 142 Å². The Labute approximate surface area is 95.9 Å². The van der Waals surface area contributed by atoms with Gasteiger partial charge in [-0.3, -0.25) is 14.9 Å². The molecule has 0 fully saturated rings. The van der Waals surface area contributed by atoms with Gasteiger partial charge in [0.05, 0.1) is 11.0 Å². The standard InChI is InChI=1S/C9H13N3O5/c10-2-1-7(13)8(14)5-3-6(12(16)17)9(15)11-4-5/h3-4,7-8,13-14H,1-2,10H2,(H,11,15). The highest BCUT2D eigenvalue weighted by Gasteiger charge is 2.21. The van der Waals surface area contributed by atoms with Crippen LogP contribution >= 0.6 is 0 Å². The van der Waals surface area contributed by atoms with Gasteiger partial charge < -0.3 is 20.9 Å². The van der Waals surface area contributed by atoms with Crippen LogP contribution in [-0.2, 0) is 0 Å². The van der Waals surface area contributed by atoms with Crippen molar-refractivity contribution in [3.8, 4) is 0 Å². The van der Waals surface area contributed by atoms with E-state index in [0.717, 1.165) is 12.3 Å². The Kier molecular flexibility index (Phi) is 4.32. The number of nitrogens with zero attached hydrogens (tertiary/aromatic N) is 1. The van der Waals surface area contributed by atoms with Crippen molar-refractivity contribution in [3.63, 3.8) is 0 Å². The van der Waals surface area contributed by atoms with E-state index >= 15 is 0 Å². The lowest BCUT2D eigenvalue weighted by atomic mass is 10.0. The molecule has 1 aromatic heterocycles. The van der Waals surface area contributed by atoms with Crippen LogP contribution in [-0.4, -0.2) is 32.8 Å². The SMILES string of the molecule is NCCC(O)C(O)c1c[nH]c(=O)c([N+](=O)[O-])c1. The van der Waals surface area contributed by atoms with Gasteiger partial charge in [-0.25, -0.2) is 0 Å². The first kappa shape index (κ1) is 13.3. The van der Waals surface area contributed by atoms with E-state index in [1.165, 1.54) is 0 Å². The predicted octanol–water partition coefficient (Wildman–Crippen LogP) is -0.974. The first-order chi connectivity index (χ1) is 7.97. The van der Waals surface area contributed by atoms with Gasteiger partial charge in [-0.1, -0.05) is 0 Å². The molecule has 0 aromatic carbocycles. The molecule has 1 aromatic rings. The molecule has 0 aliphatic carbocycles. The van der Waals surface area contributed by atoms with Crippen LogP contribution in [0, 0.1) is 10.1 Å². The molecule has 2 unspecified atom stereocenters. The monoisotopic (exact) mass is 243 g/mol. The fourth-order valence-corrected chi connectivity index (χ4v) is 1.35. The first-order valence-electron chi connectivity index (χ1n) is 4.90. The summed E-state index contributed by atoms with van der Waals surface area (Å²) in [6.07, 6.45) is -1.19. The summed E-state index contributed by atoms with van der Waals surface area (Å²) in [7, 11) is 0. The van der Waals surface area contributed by atoms with E-state index in [-0.39, 0.29) is 18.5 Å². The summed E-state index contributed by atoms with van der Waals surface area (Å²) < 4.78 is 0. The van der Waals surface area contributed by atoms with E-state index in [1.807, 2.05) is 0 Å². The van der Waals surface area contributed by atoms with Gasteiger partial charge in [-0.05, 0) is 13.0 Å². The van der Waals surface area contributed by atoms with Crippen LogP contribution in [0.4, 0.5) is 5.69 Å². The van der Waals surface area contributed by atoms with E-state index in [1.54, 1.807) is 0 Å². The summed E-state index contributed by atoms with van der Waals surface area (Å²) in [6, 6.07) is 0.934. The van der Waals surface area contributed by atoms with Gasteiger partial charge in [0.25, 0.3) is 0 Å². The Bertz CT molecular complexity index is 458. The maximum atomic E-state index is 11.1. The Morgan fingerprint density at radius 1 is 1.53 bits per heavy atom. The summed E-state index contributed by atoms with van der Waals surface area (Å²) in [5, 5.41) is 29.7. The zero-order chi connectivity index (χ0) is 13.0. The average Bonchev–Trinajstić information content (AvgIpc) is 2.28. The van der Waals surface area contributed by atoms with Gasteiger partial charge >= 0.3 is 11.2 Å². The third-order valence-electron chi connectivity index (χ3n) is 2.27. The van der Waals surface area contributed by atoms with Gasteiger partial charge in [0, 0.05) is 17.8 Å². The number of aromatic nitrogens is 1. The number of aliphatic hydroxyl groups is 2. The Morgan fingerprint density at radius 3 is 2.71 bits per heavy atom. The molecule has 8 nitrogen and oxygen atoms in total. The zero-order valence-electron chi connectivity index (χ0n) is 8.87. The van der Waals surface area contributed by atoms with Crippen LogP contribution in [0.5, 0.6) is 0 Å². The smallest absolute Gasteiger partial charge is 0.334 e. The highest BCUT2D eigenvalue weighted by molar-refractivity contribution is 5.31. The number of aliphatic hydroxyl groups excluding tert-OH is 2. The molecule has 0 aliphatic heterocycles. The fourth-order valence-electron chi connectivity index (χ4n) is 1.35. The summed E-state index contributed by atoms with van der Waals surface area (Å²) in [5.41, 5.74) is 3.74. The van der Waals surface area contributed by atoms with Crippen LogP contribution in [0.3, 0.4) is 0 Å². The van der Waals surface area contributed by atoms with E-state index in [9.17, 15) is 25.1 Å². The van der Waals surface area contributed by atoms with Crippen molar-refractivity contribution >= 4 is 5.69 Å². The molecule has 1 rings (SSSR count). The molecule has 0 aliphatic rings. The van der Waals surface area contributed by atoms with Gasteiger partial charge in [-0.2, -0.15) is 0 Å². The van der Waals surface area contributed by atoms with Crippen molar-refractivity contribution in [2.24, 2.45) is 5.73 Å². The number of nitrogens with one attached hydrogen (secondary N) is 1. The highest BCUT2D eigenvalue weighted by Crippen LogP contribution is 2.19. The number of hydrogen-bond donors (Lipinski definition) is 4. The molecule has 17 heavy (non-hydrogen) atoms. The van der Waals surface area contributed by atoms with Crippen molar-refractivity contribution in [3.05, 3.63) is 38.3 Å². The molecule has 0 amide bonds. The van der Waals surface area contributed by atoms with Crippen LogP contribution in [0.25, 0.3) is 0 Å². The van der Waals surface area contributed by atoms with Crippen molar-refractivity contribution in [1.82, 2.24) is 4.98 Å². The van der Waals surface area contributed by atoms with Crippen molar-refractivity contribution < 1.29 is 15.1 Å². The number of H-pyrrole nitrogens is 1. The van der Waals surface area contributed by atoms with Crippen molar-refractivity contribution in [2.75, 3.05) is 6.54 Å². The predicted molar refractivity (Wildman–Crippen MR) is 58.4 cm³/mol. The molecule has 94 valence electrons. The van der Waals surface area contributed by atoms with E-state index in [4.69, 9.17) is 5.73 Å². The lowest BCUT2D eigenvalue weighted by Crippen LogP contribution is -2.23. The number of nitrogens with two attached hydrogens (primary N) is 1. The maximum absolute atomic E-state index is 11.1. The minimum absolute atomic E-state index is 0.0669. The van der Waals surface area contributed by atoms with E-state index < -0.39 is 28.4 Å². The molecule has 0 spiro atoms. The molecule has 0 saturated heterocycles. The molecule has 5 N–H and O–H groups in total. The third-order valence-corrected chi connectivity index (χ3v) is 2.27. The highest BCUT2D eigenvalue weighted by atomic mass is 16.6. The lowest BCUT2D eigenvalue weighted by Gasteiger charge is -2.16. The quantitative estimate of drug-likeness (QED) is 0.387. The molecule has 8 heteroatoms. The molecule has 0 bridgehead atoms. The van der Waals surface area contributed by atoms with Crippen molar-refractivity contribution in [2.45, 2.75) is 18.6 Å². The Morgan fingerprint density at radius 2 is 2.18 bits per heavy atom. The second-order valence-corrected chi connectivity index (χ2v) is 3.49. The summed E-state index contributed by atoms with van der Waals surface area (Å²) in [4.78, 5) is 22.9. The van der Waals surface area contributed by atoms with E-state index in [2.05, 4.69) is 4.98 Å². The second kappa shape index (κ2) is 5.53. The minimum Gasteiger partial charge on any atom is -0.390 e.